The van der Waals surface area contributed by atoms with Crippen molar-refractivity contribution >= 4 is 0 Å². The minimum atomic E-state index is 0.505. The van der Waals surface area contributed by atoms with Gasteiger partial charge >= 0.3 is 0 Å². The highest BCUT2D eigenvalue weighted by Gasteiger charge is 2.27. The van der Waals surface area contributed by atoms with E-state index in [1.165, 1.54) is 31.2 Å². The summed E-state index contributed by atoms with van der Waals surface area (Å²) in [6, 6.07) is 2.71. The molecule has 1 N–H and O–H groups in total. The minimum absolute atomic E-state index is 0.505. The van der Waals surface area contributed by atoms with Gasteiger partial charge in [0, 0.05) is 11.6 Å². The fraction of sp³-hybridized carbons (Fsp3) is 0.714. The van der Waals surface area contributed by atoms with Crippen molar-refractivity contribution in [2.24, 2.45) is 5.92 Å². The molecule has 16 heavy (non-hydrogen) atoms. The van der Waals surface area contributed by atoms with E-state index in [4.69, 9.17) is 4.42 Å². The van der Waals surface area contributed by atoms with E-state index in [1.807, 2.05) is 6.92 Å². The molecular formula is C14H23NO. The lowest BCUT2D eigenvalue weighted by Gasteiger charge is -2.23. The lowest BCUT2D eigenvalue weighted by Crippen LogP contribution is -2.27. The van der Waals surface area contributed by atoms with Crippen LogP contribution in [-0.2, 0) is 0 Å². The van der Waals surface area contributed by atoms with Crippen LogP contribution < -0.4 is 5.32 Å². The van der Waals surface area contributed by atoms with Gasteiger partial charge in [0.05, 0.1) is 0 Å². The second-order valence-electron chi connectivity index (χ2n) is 4.95. The Kier molecular flexibility index (Phi) is 3.70. The van der Waals surface area contributed by atoms with Gasteiger partial charge in [0.25, 0.3) is 0 Å². The Morgan fingerprint density at radius 3 is 2.56 bits per heavy atom. The molecule has 2 rings (SSSR count). The molecule has 1 aromatic rings. The van der Waals surface area contributed by atoms with Crippen molar-refractivity contribution in [3.63, 3.8) is 0 Å². The molecule has 1 aliphatic carbocycles. The lowest BCUT2D eigenvalue weighted by molar-refractivity contribution is 0.368. The normalized spacial score (nSPS) is 19.2. The molecule has 1 saturated carbocycles. The summed E-state index contributed by atoms with van der Waals surface area (Å²) in [5.74, 6) is 2.93. The van der Waals surface area contributed by atoms with Crippen LogP contribution in [0.5, 0.6) is 0 Å². The third-order valence-corrected chi connectivity index (χ3v) is 3.71. The van der Waals surface area contributed by atoms with E-state index in [2.05, 4.69) is 25.2 Å². The molecule has 2 heteroatoms. The van der Waals surface area contributed by atoms with E-state index in [-0.39, 0.29) is 0 Å². The fourth-order valence-electron chi connectivity index (χ4n) is 3.00. The third-order valence-electron chi connectivity index (χ3n) is 3.71. The molecule has 0 aliphatic heterocycles. The van der Waals surface area contributed by atoms with Gasteiger partial charge in [0.1, 0.15) is 11.5 Å². The van der Waals surface area contributed by atoms with Gasteiger partial charge in [0.2, 0.25) is 0 Å². The maximum atomic E-state index is 5.66. The summed E-state index contributed by atoms with van der Waals surface area (Å²) in [5, 5.41) is 3.64. The summed E-state index contributed by atoms with van der Waals surface area (Å²) in [5.41, 5.74) is 1.38. The first kappa shape index (κ1) is 11.7. The van der Waals surface area contributed by atoms with Gasteiger partial charge in [0.15, 0.2) is 0 Å². The SMILES string of the molecule is CCNC(c1cc(C)oc1C)C1CCCC1. The summed E-state index contributed by atoms with van der Waals surface area (Å²) in [7, 11) is 0. The van der Waals surface area contributed by atoms with Gasteiger partial charge in [-0.05, 0) is 45.2 Å². The Bertz CT molecular complexity index is 337. The van der Waals surface area contributed by atoms with E-state index in [9.17, 15) is 0 Å². The van der Waals surface area contributed by atoms with Crippen molar-refractivity contribution in [2.75, 3.05) is 6.54 Å². The van der Waals surface area contributed by atoms with Gasteiger partial charge in [-0.1, -0.05) is 19.8 Å². The van der Waals surface area contributed by atoms with E-state index in [0.29, 0.717) is 6.04 Å². The van der Waals surface area contributed by atoms with Crippen molar-refractivity contribution in [1.29, 1.82) is 0 Å². The van der Waals surface area contributed by atoms with Crippen LogP contribution in [-0.4, -0.2) is 6.54 Å². The standard InChI is InChI=1S/C14H23NO/c1-4-15-14(12-7-5-6-8-12)13-9-10(2)16-11(13)3/h9,12,14-15H,4-8H2,1-3H3. The van der Waals surface area contributed by atoms with Crippen LogP contribution in [0.4, 0.5) is 0 Å². The van der Waals surface area contributed by atoms with Crippen LogP contribution in [0.1, 0.15) is 55.7 Å². The number of hydrogen-bond acceptors (Lipinski definition) is 2. The Hall–Kier alpha value is -0.760. The lowest BCUT2D eigenvalue weighted by atomic mass is 9.91. The first-order valence-electron chi connectivity index (χ1n) is 6.52. The molecule has 1 aliphatic rings. The average Bonchev–Trinajstić information content (AvgIpc) is 2.85. The second kappa shape index (κ2) is 5.05. The summed E-state index contributed by atoms with van der Waals surface area (Å²) < 4.78 is 5.66. The molecule has 90 valence electrons. The number of aryl methyl sites for hydroxylation is 2. The molecule has 0 radical (unpaired) electrons. The molecule has 0 amide bonds. The molecule has 0 saturated heterocycles. The van der Waals surface area contributed by atoms with Gasteiger partial charge in [-0.3, -0.25) is 0 Å². The maximum absolute atomic E-state index is 5.66. The van der Waals surface area contributed by atoms with Crippen molar-refractivity contribution in [2.45, 2.75) is 52.5 Å². The number of rotatable bonds is 4. The zero-order chi connectivity index (χ0) is 11.5. The highest BCUT2D eigenvalue weighted by Crippen LogP contribution is 2.37. The number of hydrogen-bond donors (Lipinski definition) is 1. The van der Waals surface area contributed by atoms with Crippen LogP contribution in [0.25, 0.3) is 0 Å². The summed E-state index contributed by atoms with van der Waals surface area (Å²) in [4.78, 5) is 0. The fourth-order valence-corrected chi connectivity index (χ4v) is 3.00. The molecule has 0 spiro atoms. The molecule has 1 aromatic heterocycles. The van der Waals surface area contributed by atoms with Crippen LogP contribution in [0.2, 0.25) is 0 Å². The van der Waals surface area contributed by atoms with Crippen molar-refractivity contribution in [1.82, 2.24) is 5.32 Å². The highest BCUT2D eigenvalue weighted by atomic mass is 16.3. The van der Waals surface area contributed by atoms with Crippen molar-refractivity contribution in [3.05, 3.63) is 23.2 Å². The van der Waals surface area contributed by atoms with Crippen LogP contribution in [0.15, 0.2) is 10.5 Å². The van der Waals surface area contributed by atoms with E-state index in [1.54, 1.807) is 0 Å². The smallest absolute Gasteiger partial charge is 0.105 e. The number of nitrogens with one attached hydrogen (secondary N) is 1. The minimum Gasteiger partial charge on any atom is -0.466 e. The predicted octanol–water partition coefficient (Wildman–Crippen LogP) is 3.74. The first-order valence-corrected chi connectivity index (χ1v) is 6.52. The molecule has 1 unspecified atom stereocenters. The van der Waals surface area contributed by atoms with Crippen molar-refractivity contribution < 1.29 is 4.42 Å². The Balaban J connectivity index is 2.20. The largest absolute Gasteiger partial charge is 0.466 e. The monoisotopic (exact) mass is 221 g/mol. The van der Waals surface area contributed by atoms with Gasteiger partial charge in [-0.2, -0.15) is 0 Å². The van der Waals surface area contributed by atoms with Crippen LogP contribution >= 0.6 is 0 Å². The van der Waals surface area contributed by atoms with Gasteiger partial charge in [-0.25, -0.2) is 0 Å². The quantitative estimate of drug-likeness (QED) is 0.838. The van der Waals surface area contributed by atoms with Crippen LogP contribution in [0, 0.1) is 19.8 Å². The molecule has 0 bridgehead atoms. The van der Waals surface area contributed by atoms with Gasteiger partial charge in [-0.15, -0.1) is 0 Å². The summed E-state index contributed by atoms with van der Waals surface area (Å²) in [6.07, 6.45) is 5.51. The van der Waals surface area contributed by atoms with E-state index >= 15 is 0 Å². The van der Waals surface area contributed by atoms with E-state index in [0.717, 1.165) is 24.0 Å². The van der Waals surface area contributed by atoms with Gasteiger partial charge < -0.3 is 9.73 Å². The Morgan fingerprint density at radius 1 is 1.38 bits per heavy atom. The Labute approximate surface area is 98.4 Å². The van der Waals surface area contributed by atoms with E-state index < -0.39 is 0 Å². The second-order valence-corrected chi connectivity index (χ2v) is 4.95. The first-order chi connectivity index (χ1) is 7.72. The molecule has 2 nitrogen and oxygen atoms in total. The maximum Gasteiger partial charge on any atom is 0.105 e. The highest BCUT2D eigenvalue weighted by molar-refractivity contribution is 5.25. The Morgan fingerprint density at radius 2 is 2.06 bits per heavy atom. The molecule has 1 atom stereocenters. The van der Waals surface area contributed by atoms with Crippen LogP contribution in [0.3, 0.4) is 0 Å². The van der Waals surface area contributed by atoms with Crippen molar-refractivity contribution in [3.8, 4) is 0 Å². The average molecular weight is 221 g/mol. The molecular weight excluding hydrogens is 198 g/mol. The third kappa shape index (κ3) is 2.32. The summed E-state index contributed by atoms with van der Waals surface area (Å²) >= 11 is 0. The molecule has 1 fully saturated rings. The number of furan rings is 1. The molecule has 0 aromatic carbocycles. The zero-order valence-corrected chi connectivity index (χ0v) is 10.7. The molecule has 1 heterocycles. The predicted molar refractivity (Wildman–Crippen MR) is 66.6 cm³/mol. The zero-order valence-electron chi connectivity index (χ0n) is 10.7. The summed E-state index contributed by atoms with van der Waals surface area (Å²) in [6.45, 7) is 7.34. The topological polar surface area (TPSA) is 25.2 Å².